The van der Waals surface area contributed by atoms with E-state index in [1.54, 1.807) is 31.6 Å². The van der Waals surface area contributed by atoms with Crippen LogP contribution in [-0.4, -0.2) is 45.5 Å². The van der Waals surface area contributed by atoms with Gasteiger partial charge in [0.15, 0.2) is 0 Å². The molecular formula is C18H24N4O2. The average Bonchev–Trinajstić information content (AvgIpc) is 2.96. The lowest BCUT2D eigenvalue weighted by Crippen LogP contribution is -2.39. The molecule has 3 rings (SSSR count). The predicted octanol–water partition coefficient (Wildman–Crippen LogP) is 2.29. The highest BCUT2D eigenvalue weighted by molar-refractivity contribution is 5.94. The number of hydrogen-bond acceptors (Lipinski definition) is 4. The van der Waals surface area contributed by atoms with Crippen molar-refractivity contribution in [1.29, 1.82) is 0 Å². The fourth-order valence-electron chi connectivity index (χ4n) is 3.26. The zero-order valence-electron chi connectivity index (χ0n) is 14.3. The molecule has 24 heavy (non-hydrogen) atoms. The maximum Gasteiger partial charge on any atom is 0.253 e. The number of piperidine rings is 1. The number of carbonyl (C=O) groups excluding carboxylic acids is 1. The van der Waals surface area contributed by atoms with Gasteiger partial charge < -0.3 is 14.2 Å². The van der Waals surface area contributed by atoms with Crippen molar-refractivity contribution in [2.75, 3.05) is 20.2 Å². The second-order valence-electron chi connectivity index (χ2n) is 6.33. The number of ether oxygens (including phenoxy) is 1. The van der Waals surface area contributed by atoms with Crippen molar-refractivity contribution in [3.63, 3.8) is 0 Å². The second-order valence-corrected chi connectivity index (χ2v) is 6.33. The van der Waals surface area contributed by atoms with Gasteiger partial charge in [0.1, 0.15) is 12.4 Å². The van der Waals surface area contributed by atoms with Crippen molar-refractivity contribution in [1.82, 2.24) is 19.4 Å². The third kappa shape index (κ3) is 3.64. The molecule has 1 aliphatic rings. The molecule has 0 radical (unpaired) electrons. The van der Waals surface area contributed by atoms with Gasteiger partial charge in [-0.2, -0.15) is 0 Å². The van der Waals surface area contributed by atoms with Crippen molar-refractivity contribution in [3.8, 4) is 0 Å². The van der Waals surface area contributed by atoms with Crippen LogP contribution in [0.4, 0.5) is 0 Å². The van der Waals surface area contributed by atoms with E-state index in [4.69, 9.17) is 4.74 Å². The summed E-state index contributed by atoms with van der Waals surface area (Å²) in [5.74, 6) is 1.65. The predicted molar refractivity (Wildman–Crippen MR) is 90.5 cm³/mol. The van der Waals surface area contributed by atoms with Crippen molar-refractivity contribution in [2.45, 2.75) is 32.9 Å². The van der Waals surface area contributed by atoms with Gasteiger partial charge in [-0.1, -0.05) is 0 Å². The first-order valence-corrected chi connectivity index (χ1v) is 8.38. The SMILES string of the molecule is COCc1ncc(C)n1CC1CCN(C(=O)c2ccncc2)CC1. The molecule has 1 saturated heterocycles. The number of aromatic nitrogens is 3. The van der Waals surface area contributed by atoms with Gasteiger partial charge in [0.2, 0.25) is 0 Å². The highest BCUT2D eigenvalue weighted by atomic mass is 16.5. The Morgan fingerprint density at radius 3 is 2.67 bits per heavy atom. The molecule has 0 N–H and O–H groups in total. The normalized spacial score (nSPS) is 15.7. The van der Waals surface area contributed by atoms with Crippen LogP contribution in [0.25, 0.3) is 0 Å². The van der Waals surface area contributed by atoms with Crippen molar-refractivity contribution < 1.29 is 9.53 Å². The summed E-state index contributed by atoms with van der Waals surface area (Å²) in [6.07, 6.45) is 7.26. The maximum atomic E-state index is 12.5. The molecule has 0 atom stereocenters. The van der Waals surface area contributed by atoms with Gasteiger partial charge in [-0.15, -0.1) is 0 Å². The van der Waals surface area contributed by atoms with Crippen LogP contribution in [0.2, 0.25) is 0 Å². The Kier molecular flexibility index (Phi) is 5.25. The van der Waals surface area contributed by atoms with Crippen LogP contribution >= 0.6 is 0 Å². The molecule has 1 aliphatic heterocycles. The van der Waals surface area contributed by atoms with E-state index in [0.29, 0.717) is 12.5 Å². The van der Waals surface area contributed by atoms with Gasteiger partial charge >= 0.3 is 0 Å². The van der Waals surface area contributed by atoms with Gasteiger partial charge in [0, 0.05) is 56.6 Å². The molecule has 0 spiro atoms. The summed E-state index contributed by atoms with van der Waals surface area (Å²) < 4.78 is 7.47. The molecule has 0 unspecified atom stereocenters. The maximum absolute atomic E-state index is 12.5. The average molecular weight is 328 g/mol. The molecule has 0 aliphatic carbocycles. The molecular weight excluding hydrogens is 304 g/mol. The summed E-state index contributed by atoms with van der Waals surface area (Å²) >= 11 is 0. The number of aryl methyl sites for hydroxylation is 1. The van der Waals surface area contributed by atoms with Crippen molar-refractivity contribution >= 4 is 5.91 Å². The third-order valence-corrected chi connectivity index (χ3v) is 4.68. The molecule has 128 valence electrons. The Morgan fingerprint density at radius 2 is 2.00 bits per heavy atom. The summed E-state index contributed by atoms with van der Waals surface area (Å²) in [6, 6.07) is 3.56. The molecule has 0 bridgehead atoms. The molecule has 2 aromatic heterocycles. The highest BCUT2D eigenvalue weighted by Gasteiger charge is 2.24. The lowest BCUT2D eigenvalue weighted by Gasteiger charge is -2.32. The number of amides is 1. The topological polar surface area (TPSA) is 60.2 Å². The zero-order valence-corrected chi connectivity index (χ0v) is 14.3. The molecule has 0 aromatic carbocycles. The van der Waals surface area contributed by atoms with Gasteiger partial charge in [-0.05, 0) is 37.8 Å². The van der Waals surface area contributed by atoms with E-state index in [2.05, 4.69) is 21.5 Å². The Balaban J connectivity index is 1.58. The molecule has 2 aromatic rings. The first-order chi connectivity index (χ1) is 11.7. The van der Waals surface area contributed by atoms with E-state index < -0.39 is 0 Å². The van der Waals surface area contributed by atoms with E-state index in [9.17, 15) is 4.79 Å². The Labute approximate surface area is 142 Å². The van der Waals surface area contributed by atoms with Crippen LogP contribution in [0.3, 0.4) is 0 Å². The number of methoxy groups -OCH3 is 1. The monoisotopic (exact) mass is 328 g/mol. The lowest BCUT2D eigenvalue weighted by atomic mass is 9.96. The minimum absolute atomic E-state index is 0.106. The van der Waals surface area contributed by atoms with Crippen molar-refractivity contribution in [3.05, 3.63) is 47.8 Å². The van der Waals surface area contributed by atoms with Crippen LogP contribution < -0.4 is 0 Å². The second kappa shape index (κ2) is 7.57. The summed E-state index contributed by atoms with van der Waals surface area (Å²) in [7, 11) is 1.69. The van der Waals surface area contributed by atoms with Crippen LogP contribution in [0.5, 0.6) is 0 Å². The number of carbonyl (C=O) groups is 1. The molecule has 6 heteroatoms. The van der Waals surface area contributed by atoms with Crippen LogP contribution in [0.15, 0.2) is 30.7 Å². The van der Waals surface area contributed by atoms with Crippen LogP contribution in [0.1, 0.15) is 34.7 Å². The summed E-state index contributed by atoms with van der Waals surface area (Å²) in [5.41, 5.74) is 1.88. The molecule has 6 nitrogen and oxygen atoms in total. The van der Waals surface area contributed by atoms with Gasteiger partial charge in [0.25, 0.3) is 5.91 Å². The smallest absolute Gasteiger partial charge is 0.253 e. The van der Waals surface area contributed by atoms with Crippen LogP contribution in [0, 0.1) is 12.8 Å². The van der Waals surface area contributed by atoms with Gasteiger partial charge in [-0.25, -0.2) is 4.98 Å². The molecule has 0 saturated carbocycles. The molecule has 1 amide bonds. The summed E-state index contributed by atoms with van der Waals surface area (Å²) in [5, 5.41) is 0. The van der Waals surface area contributed by atoms with E-state index in [1.165, 1.54) is 0 Å². The highest BCUT2D eigenvalue weighted by Crippen LogP contribution is 2.22. The Hall–Kier alpha value is -2.21. The minimum Gasteiger partial charge on any atom is -0.377 e. The fraction of sp³-hybridized carbons (Fsp3) is 0.500. The zero-order chi connectivity index (χ0) is 16.9. The van der Waals surface area contributed by atoms with Crippen LogP contribution in [-0.2, 0) is 17.9 Å². The first-order valence-electron chi connectivity index (χ1n) is 8.38. The standard InChI is InChI=1S/C18H24N4O2/c1-14-11-20-17(13-24-2)22(14)12-15-5-9-21(10-6-15)18(23)16-3-7-19-8-4-16/h3-4,7-8,11,15H,5-6,9-10,12-13H2,1-2H3. The van der Waals surface area contributed by atoms with E-state index in [1.807, 2.05) is 11.1 Å². The Morgan fingerprint density at radius 1 is 1.29 bits per heavy atom. The third-order valence-electron chi connectivity index (χ3n) is 4.68. The van der Waals surface area contributed by atoms with Gasteiger partial charge in [0.05, 0.1) is 0 Å². The number of likely N-dealkylation sites (tertiary alicyclic amines) is 1. The first kappa shape index (κ1) is 16.6. The number of hydrogen-bond donors (Lipinski definition) is 0. The minimum atomic E-state index is 0.106. The van der Waals surface area contributed by atoms with E-state index in [-0.39, 0.29) is 5.91 Å². The Bertz CT molecular complexity index is 676. The summed E-state index contributed by atoms with van der Waals surface area (Å²) in [4.78, 5) is 22.8. The summed E-state index contributed by atoms with van der Waals surface area (Å²) in [6.45, 7) is 5.17. The number of nitrogens with zero attached hydrogens (tertiary/aromatic N) is 4. The number of rotatable bonds is 5. The van der Waals surface area contributed by atoms with Gasteiger partial charge in [-0.3, -0.25) is 9.78 Å². The number of imidazole rings is 1. The lowest BCUT2D eigenvalue weighted by molar-refractivity contribution is 0.0681. The van der Waals surface area contributed by atoms with E-state index in [0.717, 1.165) is 49.6 Å². The quantitative estimate of drug-likeness (QED) is 0.845. The van der Waals surface area contributed by atoms with E-state index >= 15 is 0 Å². The fourth-order valence-corrected chi connectivity index (χ4v) is 3.26. The molecule has 3 heterocycles. The largest absolute Gasteiger partial charge is 0.377 e. The number of pyridine rings is 1. The molecule has 1 fully saturated rings. The van der Waals surface area contributed by atoms with Crippen molar-refractivity contribution in [2.24, 2.45) is 5.92 Å².